The van der Waals surface area contributed by atoms with Gasteiger partial charge in [0, 0.05) is 51.2 Å². The summed E-state index contributed by atoms with van der Waals surface area (Å²) < 4.78 is 2.97. The molecule has 0 amide bonds. The van der Waals surface area contributed by atoms with Crippen LogP contribution in [0.5, 0.6) is 0 Å². The first-order chi connectivity index (χ1) is 12.2. The molecule has 1 aliphatic heterocycles. The molecule has 0 atom stereocenters. The average molecular weight is 426 g/mol. The van der Waals surface area contributed by atoms with Gasteiger partial charge in [-0.1, -0.05) is 0 Å². The van der Waals surface area contributed by atoms with Crippen molar-refractivity contribution >= 4 is 33.2 Å². The van der Waals surface area contributed by atoms with E-state index in [1.54, 1.807) is 11.0 Å². The SMILES string of the molecule is CCNC(=NCc1ncnn1C)N1CCN(Cc2ccc(Br)s2)CC1. The third-order valence-electron chi connectivity index (χ3n) is 4.19. The number of nitrogens with one attached hydrogen (secondary N) is 1. The molecule has 2 aromatic rings. The van der Waals surface area contributed by atoms with E-state index in [1.807, 2.05) is 18.4 Å². The molecule has 3 rings (SSSR count). The number of aryl methyl sites for hydroxylation is 1. The summed E-state index contributed by atoms with van der Waals surface area (Å²) in [6.07, 6.45) is 1.57. The number of aromatic nitrogens is 3. The summed E-state index contributed by atoms with van der Waals surface area (Å²) in [4.78, 5) is 15.2. The van der Waals surface area contributed by atoms with E-state index in [2.05, 4.69) is 60.2 Å². The van der Waals surface area contributed by atoms with Crippen LogP contribution < -0.4 is 5.32 Å². The first-order valence-electron chi connectivity index (χ1n) is 8.48. The Morgan fingerprint density at radius 3 is 2.72 bits per heavy atom. The molecule has 1 N–H and O–H groups in total. The van der Waals surface area contributed by atoms with Gasteiger partial charge in [-0.25, -0.2) is 9.98 Å². The predicted molar refractivity (Wildman–Crippen MR) is 105 cm³/mol. The lowest BCUT2D eigenvalue weighted by Gasteiger charge is -2.36. The number of hydrogen-bond acceptors (Lipinski definition) is 5. The Morgan fingerprint density at radius 1 is 1.32 bits per heavy atom. The molecule has 25 heavy (non-hydrogen) atoms. The highest BCUT2D eigenvalue weighted by Crippen LogP contribution is 2.23. The zero-order chi connectivity index (χ0) is 17.6. The van der Waals surface area contributed by atoms with Crippen molar-refractivity contribution in [2.45, 2.75) is 20.0 Å². The number of piperazine rings is 1. The Balaban J connectivity index is 1.55. The van der Waals surface area contributed by atoms with E-state index in [0.29, 0.717) is 6.54 Å². The van der Waals surface area contributed by atoms with Gasteiger partial charge in [0.05, 0.1) is 3.79 Å². The zero-order valence-electron chi connectivity index (χ0n) is 14.7. The third kappa shape index (κ3) is 5.02. The van der Waals surface area contributed by atoms with Crippen molar-refractivity contribution in [3.05, 3.63) is 32.9 Å². The summed E-state index contributed by atoms with van der Waals surface area (Å²) >= 11 is 5.35. The second-order valence-electron chi connectivity index (χ2n) is 5.94. The van der Waals surface area contributed by atoms with E-state index in [0.717, 1.165) is 51.1 Å². The topological polar surface area (TPSA) is 61.6 Å². The van der Waals surface area contributed by atoms with Gasteiger partial charge in [-0.05, 0) is 35.0 Å². The van der Waals surface area contributed by atoms with Crippen molar-refractivity contribution in [2.75, 3.05) is 32.7 Å². The number of thiophene rings is 1. The molecular weight excluding hydrogens is 402 g/mol. The fourth-order valence-corrected chi connectivity index (χ4v) is 4.34. The molecule has 0 saturated carbocycles. The molecule has 7 nitrogen and oxygen atoms in total. The molecule has 0 aliphatic carbocycles. The summed E-state index contributed by atoms with van der Waals surface area (Å²) in [5, 5.41) is 7.50. The molecule has 0 aromatic carbocycles. The van der Waals surface area contributed by atoms with Gasteiger partial charge in [-0.2, -0.15) is 5.10 Å². The largest absolute Gasteiger partial charge is 0.357 e. The Labute approximate surface area is 160 Å². The number of guanidine groups is 1. The lowest BCUT2D eigenvalue weighted by Crippen LogP contribution is -2.52. The molecule has 3 heterocycles. The summed E-state index contributed by atoms with van der Waals surface area (Å²) in [5.74, 6) is 1.83. The van der Waals surface area contributed by atoms with Crippen LogP contribution >= 0.6 is 27.3 Å². The monoisotopic (exact) mass is 425 g/mol. The van der Waals surface area contributed by atoms with Gasteiger partial charge >= 0.3 is 0 Å². The molecule has 1 saturated heterocycles. The highest BCUT2D eigenvalue weighted by Gasteiger charge is 2.20. The summed E-state index contributed by atoms with van der Waals surface area (Å²) in [6.45, 7) is 8.59. The number of rotatable bonds is 5. The molecule has 0 spiro atoms. The maximum Gasteiger partial charge on any atom is 0.194 e. The van der Waals surface area contributed by atoms with Gasteiger partial charge in [0.1, 0.15) is 18.7 Å². The fourth-order valence-electron chi connectivity index (χ4n) is 2.81. The van der Waals surface area contributed by atoms with Crippen LogP contribution in [0.3, 0.4) is 0 Å². The van der Waals surface area contributed by atoms with E-state index in [1.165, 1.54) is 8.66 Å². The average Bonchev–Trinajstić information content (AvgIpc) is 3.20. The van der Waals surface area contributed by atoms with E-state index in [4.69, 9.17) is 4.99 Å². The van der Waals surface area contributed by atoms with Gasteiger partial charge in [0.25, 0.3) is 0 Å². The molecule has 0 unspecified atom stereocenters. The van der Waals surface area contributed by atoms with Gasteiger partial charge in [-0.15, -0.1) is 11.3 Å². The molecular formula is C16H24BrN7S. The normalized spacial score (nSPS) is 16.4. The molecule has 0 radical (unpaired) electrons. The van der Waals surface area contributed by atoms with Crippen LogP contribution in [-0.4, -0.2) is 63.2 Å². The molecule has 0 bridgehead atoms. The Kier molecular flexibility index (Phi) is 6.44. The smallest absolute Gasteiger partial charge is 0.194 e. The quantitative estimate of drug-likeness (QED) is 0.585. The number of halogens is 1. The molecule has 1 aliphatic rings. The van der Waals surface area contributed by atoms with Crippen molar-refractivity contribution in [2.24, 2.45) is 12.0 Å². The van der Waals surface area contributed by atoms with Gasteiger partial charge < -0.3 is 10.2 Å². The van der Waals surface area contributed by atoms with Crippen LogP contribution in [0.2, 0.25) is 0 Å². The van der Waals surface area contributed by atoms with E-state index >= 15 is 0 Å². The number of aliphatic imine (C=N–C) groups is 1. The fraction of sp³-hybridized carbons (Fsp3) is 0.562. The number of nitrogens with zero attached hydrogens (tertiary/aromatic N) is 6. The van der Waals surface area contributed by atoms with Gasteiger partial charge in [-0.3, -0.25) is 9.58 Å². The maximum absolute atomic E-state index is 4.74. The summed E-state index contributed by atoms with van der Waals surface area (Å²) in [5.41, 5.74) is 0. The van der Waals surface area contributed by atoms with Crippen molar-refractivity contribution in [3.63, 3.8) is 0 Å². The molecule has 136 valence electrons. The predicted octanol–water partition coefficient (Wildman–Crippen LogP) is 1.92. The van der Waals surface area contributed by atoms with Crippen LogP contribution in [0.4, 0.5) is 0 Å². The van der Waals surface area contributed by atoms with E-state index in [-0.39, 0.29) is 0 Å². The van der Waals surface area contributed by atoms with Crippen LogP contribution in [0.25, 0.3) is 0 Å². The van der Waals surface area contributed by atoms with E-state index in [9.17, 15) is 0 Å². The molecule has 9 heteroatoms. The Bertz CT molecular complexity index is 703. The highest BCUT2D eigenvalue weighted by atomic mass is 79.9. The highest BCUT2D eigenvalue weighted by molar-refractivity contribution is 9.11. The molecule has 2 aromatic heterocycles. The number of hydrogen-bond donors (Lipinski definition) is 1. The van der Waals surface area contributed by atoms with Crippen molar-refractivity contribution < 1.29 is 0 Å². The van der Waals surface area contributed by atoms with Crippen LogP contribution in [0.15, 0.2) is 27.2 Å². The third-order valence-corrected chi connectivity index (χ3v) is 5.80. The summed E-state index contributed by atoms with van der Waals surface area (Å²) in [6, 6.07) is 4.33. The standard InChI is InChI=1S/C16H24BrN7S/c1-3-18-16(19-10-15-20-12-21-22(15)2)24-8-6-23(7-9-24)11-13-4-5-14(17)25-13/h4-5,12H,3,6-11H2,1-2H3,(H,18,19). The van der Waals surface area contributed by atoms with Crippen molar-refractivity contribution in [1.29, 1.82) is 0 Å². The second kappa shape index (κ2) is 8.77. The lowest BCUT2D eigenvalue weighted by atomic mass is 10.3. The minimum Gasteiger partial charge on any atom is -0.357 e. The van der Waals surface area contributed by atoms with Crippen molar-refractivity contribution in [3.8, 4) is 0 Å². The minimum atomic E-state index is 0.544. The van der Waals surface area contributed by atoms with Crippen LogP contribution in [0.1, 0.15) is 17.6 Å². The van der Waals surface area contributed by atoms with E-state index < -0.39 is 0 Å². The lowest BCUT2D eigenvalue weighted by molar-refractivity contribution is 0.173. The first-order valence-corrected chi connectivity index (χ1v) is 10.1. The maximum atomic E-state index is 4.74. The van der Waals surface area contributed by atoms with Crippen molar-refractivity contribution in [1.82, 2.24) is 29.9 Å². The Morgan fingerprint density at radius 2 is 2.12 bits per heavy atom. The van der Waals surface area contributed by atoms with Crippen LogP contribution in [-0.2, 0) is 20.1 Å². The van der Waals surface area contributed by atoms with Gasteiger partial charge in [0.2, 0.25) is 0 Å². The zero-order valence-corrected chi connectivity index (χ0v) is 17.1. The Hall–Kier alpha value is -1.45. The van der Waals surface area contributed by atoms with Crippen LogP contribution in [0, 0.1) is 0 Å². The second-order valence-corrected chi connectivity index (χ2v) is 8.49. The van der Waals surface area contributed by atoms with Gasteiger partial charge in [0.15, 0.2) is 5.96 Å². The minimum absolute atomic E-state index is 0.544. The first kappa shape index (κ1) is 18.3. The molecule has 1 fully saturated rings. The summed E-state index contributed by atoms with van der Waals surface area (Å²) in [7, 11) is 1.90.